The SMILES string of the molecule is CC(C)(C)[Si](CC1CCC(=O)c2sccc21)(c1ccccc1)c1ccccc1. The van der Waals surface area contributed by atoms with Gasteiger partial charge in [0.05, 0.1) is 4.88 Å². The Bertz CT molecular complexity index is 913. The Morgan fingerprint density at radius 2 is 1.50 bits per heavy atom. The van der Waals surface area contributed by atoms with Gasteiger partial charge in [0.15, 0.2) is 5.78 Å². The van der Waals surface area contributed by atoms with Gasteiger partial charge in [-0.25, -0.2) is 0 Å². The first kappa shape index (κ1) is 19.3. The molecule has 1 aliphatic rings. The second-order valence-electron chi connectivity index (χ2n) is 8.96. The molecule has 0 N–H and O–H groups in total. The molecule has 1 aromatic heterocycles. The highest BCUT2D eigenvalue weighted by Gasteiger charge is 2.49. The summed E-state index contributed by atoms with van der Waals surface area (Å²) < 4.78 is 0. The van der Waals surface area contributed by atoms with Crippen molar-refractivity contribution in [2.24, 2.45) is 0 Å². The highest BCUT2D eigenvalue weighted by molar-refractivity contribution is 7.12. The van der Waals surface area contributed by atoms with Crippen LogP contribution in [0.2, 0.25) is 11.1 Å². The van der Waals surface area contributed by atoms with E-state index in [1.54, 1.807) is 11.3 Å². The van der Waals surface area contributed by atoms with Gasteiger partial charge in [0.1, 0.15) is 8.07 Å². The number of rotatable bonds is 4. The number of fused-ring (bicyclic) bond motifs is 1. The van der Waals surface area contributed by atoms with E-state index in [1.165, 1.54) is 15.9 Å². The normalized spacial score (nSPS) is 17.4. The lowest BCUT2D eigenvalue weighted by Gasteiger charge is -2.46. The van der Waals surface area contributed by atoms with Gasteiger partial charge in [0.2, 0.25) is 0 Å². The fraction of sp³-hybridized carbons (Fsp3) is 0.320. The van der Waals surface area contributed by atoms with Gasteiger partial charge in [-0.2, -0.15) is 0 Å². The largest absolute Gasteiger partial charge is 0.293 e. The van der Waals surface area contributed by atoms with E-state index in [4.69, 9.17) is 0 Å². The van der Waals surface area contributed by atoms with Crippen molar-refractivity contribution in [3.63, 3.8) is 0 Å². The molecule has 0 saturated heterocycles. The Hall–Kier alpha value is -1.97. The highest BCUT2D eigenvalue weighted by Crippen LogP contribution is 2.46. The minimum atomic E-state index is -2.11. The average molecular weight is 405 g/mol. The van der Waals surface area contributed by atoms with Crippen LogP contribution in [0.5, 0.6) is 0 Å². The molecule has 2 aromatic carbocycles. The van der Waals surface area contributed by atoms with Crippen LogP contribution in [0.1, 0.15) is 54.8 Å². The third-order valence-electron chi connectivity index (χ3n) is 6.47. The second-order valence-corrected chi connectivity index (χ2v) is 14.7. The fourth-order valence-electron chi connectivity index (χ4n) is 5.04. The molecule has 0 fully saturated rings. The molecular formula is C25H28OSSi. The second kappa shape index (κ2) is 7.45. The summed E-state index contributed by atoms with van der Waals surface area (Å²) in [6.07, 6.45) is 1.67. The molecule has 3 heteroatoms. The van der Waals surface area contributed by atoms with Crippen molar-refractivity contribution in [1.82, 2.24) is 0 Å². The lowest BCUT2D eigenvalue weighted by Crippen LogP contribution is -2.64. The zero-order valence-electron chi connectivity index (χ0n) is 16.9. The maximum absolute atomic E-state index is 12.4. The Balaban J connectivity index is 1.90. The van der Waals surface area contributed by atoms with Crippen LogP contribution in [0.15, 0.2) is 72.1 Å². The van der Waals surface area contributed by atoms with Crippen LogP contribution in [-0.4, -0.2) is 13.9 Å². The maximum Gasteiger partial charge on any atom is 0.173 e. The van der Waals surface area contributed by atoms with E-state index in [1.807, 2.05) is 0 Å². The molecule has 28 heavy (non-hydrogen) atoms. The van der Waals surface area contributed by atoms with Crippen molar-refractivity contribution < 1.29 is 4.79 Å². The fourth-order valence-corrected chi connectivity index (χ4v) is 11.8. The summed E-state index contributed by atoms with van der Waals surface area (Å²) in [5.41, 5.74) is 1.30. The number of hydrogen-bond donors (Lipinski definition) is 0. The number of thiophene rings is 1. The molecular weight excluding hydrogens is 376 g/mol. The molecule has 1 heterocycles. The third-order valence-corrected chi connectivity index (χ3v) is 13.7. The summed E-state index contributed by atoms with van der Waals surface area (Å²) in [6.45, 7) is 7.26. The smallest absolute Gasteiger partial charge is 0.173 e. The summed E-state index contributed by atoms with van der Waals surface area (Å²) in [5.74, 6) is 0.800. The van der Waals surface area contributed by atoms with Crippen LogP contribution in [0.25, 0.3) is 0 Å². The summed E-state index contributed by atoms with van der Waals surface area (Å²) in [6, 6.07) is 25.7. The first-order valence-corrected chi connectivity index (χ1v) is 13.2. The van der Waals surface area contributed by atoms with Crippen LogP contribution in [0.3, 0.4) is 0 Å². The lowest BCUT2D eigenvalue weighted by molar-refractivity contribution is 0.0972. The van der Waals surface area contributed by atoms with Crippen molar-refractivity contribution in [1.29, 1.82) is 0 Å². The molecule has 1 atom stereocenters. The summed E-state index contributed by atoms with van der Waals surface area (Å²) >= 11 is 1.63. The number of Topliss-reactive ketones (excluding diaryl/α,β-unsaturated/α-hetero) is 1. The van der Waals surface area contributed by atoms with Gasteiger partial charge in [-0.05, 0) is 40.4 Å². The lowest BCUT2D eigenvalue weighted by atomic mass is 9.88. The zero-order chi connectivity index (χ0) is 19.8. The van der Waals surface area contributed by atoms with Crippen molar-refractivity contribution in [2.75, 3.05) is 0 Å². The quantitative estimate of drug-likeness (QED) is 0.497. The maximum atomic E-state index is 12.4. The van der Waals surface area contributed by atoms with Gasteiger partial charge in [0.25, 0.3) is 0 Å². The Morgan fingerprint density at radius 1 is 0.929 bits per heavy atom. The van der Waals surface area contributed by atoms with E-state index >= 15 is 0 Å². The van der Waals surface area contributed by atoms with Crippen molar-refractivity contribution in [3.05, 3.63) is 82.6 Å². The predicted molar refractivity (Wildman–Crippen MR) is 123 cm³/mol. The van der Waals surface area contributed by atoms with Crippen molar-refractivity contribution in [2.45, 2.75) is 50.6 Å². The predicted octanol–water partition coefficient (Wildman–Crippen LogP) is 5.87. The summed E-state index contributed by atoms with van der Waals surface area (Å²) in [5, 5.41) is 5.27. The minimum Gasteiger partial charge on any atom is -0.293 e. The van der Waals surface area contributed by atoms with Gasteiger partial charge in [-0.3, -0.25) is 4.79 Å². The number of hydrogen-bond acceptors (Lipinski definition) is 2. The summed E-state index contributed by atoms with van der Waals surface area (Å²) in [7, 11) is -2.11. The van der Waals surface area contributed by atoms with Gasteiger partial charge in [0, 0.05) is 6.42 Å². The molecule has 144 valence electrons. The first-order chi connectivity index (χ1) is 13.4. The molecule has 0 aliphatic heterocycles. The van der Waals surface area contributed by atoms with E-state index in [0.29, 0.717) is 18.1 Å². The highest BCUT2D eigenvalue weighted by atomic mass is 32.1. The van der Waals surface area contributed by atoms with E-state index < -0.39 is 8.07 Å². The summed E-state index contributed by atoms with van der Waals surface area (Å²) in [4.78, 5) is 13.4. The van der Waals surface area contributed by atoms with Crippen LogP contribution in [0, 0.1) is 0 Å². The third kappa shape index (κ3) is 3.21. The number of benzene rings is 2. The molecule has 0 bridgehead atoms. The molecule has 1 unspecified atom stereocenters. The number of ketones is 1. The van der Waals surface area contributed by atoms with Gasteiger partial charge >= 0.3 is 0 Å². The molecule has 1 nitrogen and oxygen atoms in total. The van der Waals surface area contributed by atoms with Crippen LogP contribution >= 0.6 is 11.3 Å². The van der Waals surface area contributed by atoms with E-state index in [2.05, 4.69) is 92.9 Å². The topological polar surface area (TPSA) is 17.1 Å². The van der Waals surface area contributed by atoms with Gasteiger partial charge in [-0.15, -0.1) is 11.3 Å². The van der Waals surface area contributed by atoms with Crippen LogP contribution in [-0.2, 0) is 0 Å². The Labute approximate surface area is 173 Å². The Morgan fingerprint density at radius 3 is 2.04 bits per heavy atom. The molecule has 1 aliphatic carbocycles. The Kier molecular flexibility index (Phi) is 5.15. The average Bonchev–Trinajstić information content (AvgIpc) is 3.19. The number of carbonyl (C=O) groups is 1. The standard InChI is InChI=1S/C25H28OSSi/c1-25(2,3)28(20-10-6-4-7-11-20,21-12-8-5-9-13-21)18-19-14-15-23(26)24-22(19)16-17-27-24/h4-13,16-17,19H,14-15,18H2,1-3H3. The van der Waals surface area contributed by atoms with Crippen molar-refractivity contribution >= 4 is 35.6 Å². The zero-order valence-corrected chi connectivity index (χ0v) is 18.8. The van der Waals surface area contributed by atoms with Gasteiger partial charge in [-0.1, -0.05) is 91.8 Å². The van der Waals surface area contributed by atoms with E-state index in [-0.39, 0.29) is 5.04 Å². The number of carbonyl (C=O) groups excluding carboxylic acids is 1. The molecule has 4 rings (SSSR count). The van der Waals surface area contributed by atoms with E-state index in [0.717, 1.165) is 17.3 Å². The van der Waals surface area contributed by atoms with Crippen LogP contribution in [0.4, 0.5) is 0 Å². The van der Waals surface area contributed by atoms with Crippen LogP contribution < -0.4 is 10.4 Å². The van der Waals surface area contributed by atoms with E-state index in [9.17, 15) is 4.79 Å². The molecule has 0 amide bonds. The monoisotopic (exact) mass is 404 g/mol. The molecule has 0 radical (unpaired) electrons. The minimum absolute atomic E-state index is 0.160. The van der Waals surface area contributed by atoms with Gasteiger partial charge < -0.3 is 0 Å². The molecule has 0 spiro atoms. The molecule has 3 aromatic rings. The first-order valence-electron chi connectivity index (χ1n) is 10.1. The van der Waals surface area contributed by atoms with Crippen molar-refractivity contribution in [3.8, 4) is 0 Å². The molecule has 0 saturated carbocycles.